The Balaban J connectivity index is -0.000000000833. The molecule has 0 unspecified atom stereocenters. The van der Waals surface area contributed by atoms with Gasteiger partial charge in [0, 0.05) is 8.41 Å². The molecule has 0 aromatic carbocycles. The van der Waals surface area contributed by atoms with E-state index in [1.807, 2.05) is 0 Å². The number of hydrogen-bond donors (Lipinski definition) is 1. The molecule has 0 saturated heterocycles. The number of rotatable bonds is 0. The highest BCUT2D eigenvalue weighted by molar-refractivity contribution is 7.79. The van der Waals surface area contributed by atoms with Gasteiger partial charge in [0.25, 0.3) is 0 Å². The third-order valence-corrected chi connectivity index (χ3v) is 0. The minimum Gasteiger partial charge on any atom is -0.183 e. The smallest absolute Gasteiger partial charge is 0 e. The molecule has 0 rings (SSSR count). The summed E-state index contributed by atoms with van der Waals surface area (Å²) < 4.78 is 0. The van der Waals surface area contributed by atoms with Crippen molar-refractivity contribution >= 4 is 58.3 Å². The highest BCUT2D eigenvalue weighted by Crippen LogP contribution is 1.31. The second kappa shape index (κ2) is 106. The lowest BCUT2D eigenvalue weighted by Gasteiger charge is -1.11. The summed E-state index contributed by atoms with van der Waals surface area (Å²) in [5.41, 5.74) is 0. The van der Waals surface area contributed by atoms with Crippen LogP contribution in [-0.4, -0.2) is 14.7 Å². The first-order valence-corrected chi connectivity index (χ1v) is 1.34. The van der Waals surface area contributed by atoms with E-state index in [1.54, 1.807) is 6.26 Å². The van der Waals surface area contributed by atoms with E-state index in [-0.39, 0.29) is 45.6 Å². The molecule has 0 nitrogen and oxygen atoms in total. The predicted octanol–water partition coefficient (Wildman–Crippen LogP) is 1.43. The molecule has 0 spiro atoms. The number of halogens is 3. The van der Waals surface area contributed by atoms with E-state index in [0.717, 1.165) is 0 Å². The molecule has 0 amide bonds. The van der Waals surface area contributed by atoms with Crippen LogP contribution in [0.1, 0.15) is 0 Å². The molecule has 0 atom stereocenters. The van der Waals surface area contributed by atoms with Crippen LogP contribution in [0.2, 0.25) is 0 Å². The second-order valence-corrected chi connectivity index (χ2v) is 0. The standard InChI is InChI=1S/CH4S.B.3ClH/c1-2;;;;/h2H,1H3;;3*1H. The van der Waals surface area contributed by atoms with Gasteiger partial charge in [-0.3, -0.25) is 0 Å². The van der Waals surface area contributed by atoms with Gasteiger partial charge >= 0.3 is 0 Å². The Morgan fingerprint density at radius 3 is 0.833 bits per heavy atom. The zero-order valence-corrected chi connectivity index (χ0v) is 6.59. The first-order valence-electron chi connectivity index (χ1n) is 0.447. The Labute approximate surface area is 64.7 Å². The van der Waals surface area contributed by atoms with Crippen LogP contribution in [-0.2, 0) is 0 Å². The average molecular weight is 168 g/mol. The molecule has 6 heavy (non-hydrogen) atoms. The third kappa shape index (κ3) is 58.8. The van der Waals surface area contributed by atoms with Crippen molar-refractivity contribution in [1.82, 2.24) is 0 Å². The van der Waals surface area contributed by atoms with Crippen LogP contribution in [0, 0.1) is 0 Å². The average Bonchev–Trinajstić information content (AvgIpc) is 1.00. The molecule has 0 saturated carbocycles. The Morgan fingerprint density at radius 2 is 0.833 bits per heavy atom. The number of thiol groups is 1. The summed E-state index contributed by atoms with van der Waals surface area (Å²) in [6, 6.07) is 0. The molecule has 0 aromatic rings. The van der Waals surface area contributed by atoms with Crippen molar-refractivity contribution in [3.63, 3.8) is 0 Å². The summed E-state index contributed by atoms with van der Waals surface area (Å²) >= 11 is 3.53. The molecule has 0 heterocycles. The molecular weight excluding hydrogens is 161 g/mol. The summed E-state index contributed by atoms with van der Waals surface area (Å²) in [7, 11) is 0. The van der Waals surface area contributed by atoms with Gasteiger partial charge in [-0.25, -0.2) is 0 Å². The Bertz CT molecular complexity index is 10.8. The van der Waals surface area contributed by atoms with Crippen LogP contribution in [0.25, 0.3) is 0 Å². The van der Waals surface area contributed by atoms with Crippen molar-refractivity contribution in [2.24, 2.45) is 0 Å². The summed E-state index contributed by atoms with van der Waals surface area (Å²) in [6.07, 6.45) is 1.69. The topological polar surface area (TPSA) is 0 Å². The van der Waals surface area contributed by atoms with Gasteiger partial charge in [0.15, 0.2) is 0 Å². The van der Waals surface area contributed by atoms with Crippen molar-refractivity contribution in [2.45, 2.75) is 0 Å². The van der Waals surface area contributed by atoms with Crippen molar-refractivity contribution in [1.29, 1.82) is 0 Å². The second-order valence-electron chi connectivity index (χ2n) is 0. The molecule has 0 fully saturated rings. The van der Waals surface area contributed by atoms with E-state index in [9.17, 15) is 0 Å². The maximum Gasteiger partial charge on any atom is 0 e. The minimum atomic E-state index is 0. The lowest BCUT2D eigenvalue weighted by atomic mass is 10.8. The van der Waals surface area contributed by atoms with Gasteiger partial charge in [0.05, 0.1) is 0 Å². The van der Waals surface area contributed by atoms with Crippen molar-refractivity contribution in [3.8, 4) is 0 Å². The molecule has 0 aliphatic rings. The molecule has 41 valence electrons. The van der Waals surface area contributed by atoms with E-state index in [2.05, 4.69) is 12.6 Å². The zero-order valence-electron chi connectivity index (χ0n) is 3.25. The molecule has 0 N–H and O–H groups in total. The Kier molecular flexibility index (Phi) is 977. The van der Waals surface area contributed by atoms with Crippen molar-refractivity contribution in [2.75, 3.05) is 6.26 Å². The quantitative estimate of drug-likeness (QED) is 0.410. The maximum absolute atomic E-state index is 3.53. The number of hydrogen-bond acceptors (Lipinski definition) is 1. The predicted molar refractivity (Wildman–Crippen MR) is 42.4 cm³/mol. The van der Waals surface area contributed by atoms with Crippen LogP contribution >= 0.6 is 49.8 Å². The van der Waals surface area contributed by atoms with Gasteiger partial charge in [0.2, 0.25) is 0 Å². The summed E-state index contributed by atoms with van der Waals surface area (Å²) in [6.45, 7) is 0. The highest BCUT2D eigenvalue weighted by atomic mass is 35.5. The van der Waals surface area contributed by atoms with Crippen LogP contribution < -0.4 is 0 Å². The maximum atomic E-state index is 3.53. The van der Waals surface area contributed by atoms with Gasteiger partial charge in [-0.15, -0.1) is 37.2 Å². The molecule has 5 heteroatoms. The van der Waals surface area contributed by atoms with Crippen LogP contribution in [0.3, 0.4) is 0 Å². The zero-order chi connectivity index (χ0) is 2.00. The summed E-state index contributed by atoms with van der Waals surface area (Å²) in [5, 5.41) is 0. The minimum absolute atomic E-state index is 0. The highest BCUT2D eigenvalue weighted by Gasteiger charge is 0.901. The lowest BCUT2D eigenvalue weighted by molar-refractivity contribution is 2.55. The molecule has 0 aliphatic carbocycles. The molecule has 0 aromatic heterocycles. The fraction of sp³-hybridized carbons (Fsp3) is 1.00. The molecule has 0 aliphatic heterocycles. The van der Waals surface area contributed by atoms with Gasteiger partial charge < -0.3 is 0 Å². The summed E-state index contributed by atoms with van der Waals surface area (Å²) in [5.74, 6) is 0. The first kappa shape index (κ1) is 55.1. The van der Waals surface area contributed by atoms with Crippen LogP contribution in [0.5, 0.6) is 0 Å². The molecule has 0 bridgehead atoms. The van der Waals surface area contributed by atoms with Gasteiger partial charge in [-0.1, -0.05) is 0 Å². The SMILES string of the molecule is CS.Cl.Cl.Cl.[B]. The Morgan fingerprint density at radius 1 is 0.833 bits per heavy atom. The normalized spacial score (nSPS) is 1.00. The summed E-state index contributed by atoms with van der Waals surface area (Å²) in [4.78, 5) is 0. The first-order chi connectivity index (χ1) is 1.00. The molecule has 3 radical (unpaired) electrons. The van der Waals surface area contributed by atoms with Crippen LogP contribution in [0.15, 0.2) is 0 Å². The monoisotopic (exact) mass is 167 g/mol. The van der Waals surface area contributed by atoms with E-state index >= 15 is 0 Å². The van der Waals surface area contributed by atoms with Gasteiger partial charge in [0.1, 0.15) is 0 Å². The van der Waals surface area contributed by atoms with Crippen molar-refractivity contribution in [3.05, 3.63) is 0 Å². The van der Waals surface area contributed by atoms with E-state index in [4.69, 9.17) is 0 Å². The van der Waals surface area contributed by atoms with E-state index in [0.29, 0.717) is 0 Å². The van der Waals surface area contributed by atoms with Crippen molar-refractivity contribution < 1.29 is 0 Å². The Hall–Kier alpha value is 1.28. The fourth-order valence-corrected chi connectivity index (χ4v) is 0. The van der Waals surface area contributed by atoms with Gasteiger partial charge in [-0.05, 0) is 6.26 Å². The third-order valence-electron chi connectivity index (χ3n) is 0. The van der Waals surface area contributed by atoms with Gasteiger partial charge in [-0.2, -0.15) is 12.6 Å². The molecular formula is CH7BCl3S. The largest absolute Gasteiger partial charge is 0.183 e. The van der Waals surface area contributed by atoms with E-state index in [1.165, 1.54) is 0 Å². The van der Waals surface area contributed by atoms with E-state index < -0.39 is 0 Å². The lowest BCUT2D eigenvalue weighted by Crippen LogP contribution is -0.865. The van der Waals surface area contributed by atoms with Crippen LogP contribution in [0.4, 0.5) is 0 Å². The fourth-order valence-electron chi connectivity index (χ4n) is 0.